The van der Waals surface area contributed by atoms with Gasteiger partial charge in [-0.2, -0.15) is 4.31 Å². The summed E-state index contributed by atoms with van der Waals surface area (Å²) in [6, 6.07) is 8.72. The van der Waals surface area contributed by atoms with Crippen molar-refractivity contribution in [3.05, 3.63) is 57.6 Å². The normalized spacial score (nSPS) is 11.4. The van der Waals surface area contributed by atoms with Gasteiger partial charge in [0.2, 0.25) is 15.9 Å². The zero-order chi connectivity index (χ0) is 23.2. The highest BCUT2D eigenvalue weighted by Crippen LogP contribution is 2.30. The number of anilines is 1. The van der Waals surface area contributed by atoms with E-state index in [1.54, 1.807) is 12.1 Å². The molecule has 2 rings (SSSR count). The van der Waals surface area contributed by atoms with E-state index >= 15 is 0 Å². The van der Waals surface area contributed by atoms with Crippen LogP contribution in [0.5, 0.6) is 5.75 Å². The minimum Gasteiger partial charge on any atom is -0.490 e. The molecule has 2 aromatic carbocycles. The lowest BCUT2D eigenvalue weighted by molar-refractivity contribution is -0.386. The molecule has 0 aliphatic rings. The third-order valence-corrected chi connectivity index (χ3v) is 6.57. The Labute approximate surface area is 181 Å². The number of carbonyl (C=O) groups is 1. The third kappa shape index (κ3) is 5.78. The Morgan fingerprint density at radius 1 is 1.19 bits per heavy atom. The summed E-state index contributed by atoms with van der Waals surface area (Å²) in [5.41, 5.74) is 1.93. The minimum atomic E-state index is -4.23. The molecule has 1 N–H and O–H groups in total. The first-order valence-corrected chi connectivity index (χ1v) is 10.7. The molecule has 1 amide bonds. The molecule has 11 heteroatoms. The molecule has 0 aliphatic heterocycles. The second kappa shape index (κ2) is 10.3. The summed E-state index contributed by atoms with van der Waals surface area (Å²) in [5.74, 6) is -0.614. The quantitative estimate of drug-likeness (QED) is 0.434. The summed E-state index contributed by atoms with van der Waals surface area (Å²) in [5, 5.41) is 14.0. The molecule has 2 aromatic rings. The zero-order valence-corrected chi connectivity index (χ0v) is 18.6. The topological polar surface area (TPSA) is 128 Å². The Balaban J connectivity index is 2.34. The van der Waals surface area contributed by atoms with Gasteiger partial charge in [0.15, 0.2) is 5.75 Å². The molecule has 0 unspecified atom stereocenters. The lowest BCUT2D eigenvalue weighted by atomic mass is 10.1. The number of rotatable bonds is 10. The number of nitro groups is 1. The van der Waals surface area contributed by atoms with Crippen molar-refractivity contribution in [1.29, 1.82) is 0 Å². The molecule has 0 aliphatic carbocycles. The Kier molecular flexibility index (Phi) is 8.08. The van der Waals surface area contributed by atoms with Gasteiger partial charge >= 0.3 is 5.69 Å². The molecule has 0 saturated heterocycles. The molecule has 0 heterocycles. The number of carbonyl (C=O) groups excluding carboxylic acids is 1. The predicted octanol–water partition coefficient (Wildman–Crippen LogP) is 2.50. The fourth-order valence-electron chi connectivity index (χ4n) is 2.84. The molecule has 0 atom stereocenters. The molecule has 10 nitrogen and oxygen atoms in total. The first-order chi connectivity index (χ1) is 14.6. The van der Waals surface area contributed by atoms with Gasteiger partial charge in [-0.1, -0.05) is 12.1 Å². The summed E-state index contributed by atoms with van der Waals surface area (Å²) >= 11 is 0. The van der Waals surface area contributed by atoms with Gasteiger partial charge in [0.05, 0.1) is 30.1 Å². The number of nitrogens with one attached hydrogen (secondary N) is 1. The van der Waals surface area contributed by atoms with Crippen molar-refractivity contribution in [2.24, 2.45) is 0 Å². The van der Waals surface area contributed by atoms with Crippen molar-refractivity contribution in [3.63, 3.8) is 0 Å². The standard InChI is InChI=1S/C20H25N3O7S/c1-14-6-5-7-17(15(14)2)21-20(24)13-22(10-11-29-3)31(27,28)16-8-9-19(30-4)18(12-16)23(25)26/h5-9,12H,10-11,13H2,1-4H3,(H,21,24). The van der Waals surface area contributed by atoms with E-state index < -0.39 is 33.1 Å². The maximum Gasteiger partial charge on any atom is 0.312 e. The van der Waals surface area contributed by atoms with Gasteiger partial charge < -0.3 is 14.8 Å². The Morgan fingerprint density at radius 3 is 2.52 bits per heavy atom. The van der Waals surface area contributed by atoms with E-state index in [4.69, 9.17) is 9.47 Å². The third-order valence-electron chi connectivity index (χ3n) is 4.73. The van der Waals surface area contributed by atoms with Crippen LogP contribution < -0.4 is 10.1 Å². The summed E-state index contributed by atoms with van der Waals surface area (Å²) in [6.45, 7) is 3.18. The average Bonchev–Trinajstić information content (AvgIpc) is 2.73. The van der Waals surface area contributed by atoms with Crippen molar-refractivity contribution < 1.29 is 27.6 Å². The second-order valence-corrected chi connectivity index (χ2v) is 8.66. The highest BCUT2D eigenvalue weighted by molar-refractivity contribution is 7.89. The second-order valence-electron chi connectivity index (χ2n) is 6.72. The van der Waals surface area contributed by atoms with Gasteiger partial charge in [0, 0.05) is 25.4 Å². The van der Waals surface area contributed by atoms with E-state index in [0.717, 1.165) is 21.5 Å². The summed E-state index contributed by atoms with van der Waals surface area (Å²) < 4.78 is 37.1. The maximum absolute atomic E-state index is 13.1. The molecule has 0 radical (unpaired) electrons. The number of benzene rings is 2. The van der Waals surface area contributed by atoms with Gasteiger partial charge in [0.25, 0.3) is 0 Å². The van der Waals surface area contributed by atoms with Gasteiger partial charge in [-0.15, -0.1) is 0 Å². The lowest BCUT2D eigenvalue weighted by Gasteiger charge is -2.22. The number of sulfonamides is 1. The highest BCUT2D eigenvalue weighted by atomic mass is 32.2. The number of nitro benzene ring substituents is 1. The van der Waals surface area contributed by atoms with Gasteiger partial charge in [-0.05, 0) is 43.2 Å². The number of ether oxygens (including phenoxy) is 2. The van der Waals surface area contributed by atoms with E-state index in [1.165, 1.54) is 26.4 Å². The van der Waals surface area contributed by atoms with E-state index in [1.807, 2.05) is 19.9 Å². The van der Waals surface area contributed by atoms with Crippen LogP contribution >= 0.6 is 0 Å². The first-order valence-electron chi connectivity index (χ1n) is 9.29. The number of amides is 1. The molecule has 0 aromatic heterocycles. The largest absolute Gasteiger partial charge is 0.490 e. The summed E-state index contributed by atoms with van der Waals surface area (Å²) in [4.78, 5) is 22.8. The molecule has 168 valence electrons. The van der Waals surface area contributed by atoms with Crippen LogP contribution in [0.2, 0.25) is 0 Å². The lowest BCUT2D eigenvalue weighted by Crippen LogP contribution is -2.40. The van der Waals surface area contributed by atoms with Crippen molar-refractivity contribution in [2.45, 2.75) is 18.7 Å². The van der Waals surface area contributed by atoms with Gasteiger partial charge in [-0.25, -0.2) is 8.42 Å². The predicted molar refractivity (Wildman–Crippen MR) is 115 cm³/mol. The van der Waals surface area contributed by atoms with E-state index in [2.05, 4.69) is 5.32 Å². The van der Waals surface area contributed by atoms with Crippen molar-refractivity contribution in [2.75, 3.05) is 39.2 Å². The van der Waals surface area contributed by atoms with Crippen LogP contribution in [0.4, 0.5) is 11.4 Å². The van der Waals surface area contributed by atoms with Gasteiger partial charge in [-0.3, -0.25) is 14.9 Å². The van der Waals surface area contributed by atoms with Gasteiger partial charge in [0.1, 0.15) is 0 Å². The number of methoxy groups -OCH3 is 2. The number of nitrogens with zero attached hydrogens (tertiary/aromatic N) is 2. The monoisotopic (exact) mass is 451 g/mol. The van der Waals surface area contributed by atoms with Crippen molar-refractivity contribution in [3.8, 4) is 5.75 Å². The van der Waals surface area contributed by atoms with Crippen LogP contribution in [0.1, 0.15) is 11.1 Å². The number of aryl methyl sites for hydroxylation is 1. The van der Waals surface area contributed by atoms with Crippen LogP contribution in [-0.4, -0.2) is 57.5 Å². The van der Waals surface area contributed by atoms with E-state index in [0.29, 0.717) is 5.69 Å². The molecular weight excluding hydrogens is 426 g/mol. The fraction of sp³-hybridized carbons (Fsp3) is 0.350. The minimum absolute atomic E-state index is 0.0359. The van der Waals surface area contributed by atoms with Crippen molar-refractivity contribution >= 4 is 27.3 Å². The number of hydrogen-bond acceptors (Lipinski definition) is 7. The Bertz CT molecular complexity index is 1070. The maximum atomic E-state index is 13.1. The molecule has 31 heavy (non-hydrogen) atoms. The average molecular weight is 452 g/mol. The molecule has 0 fully saturated rings. The summed E-state index contributed by atoms with van der Waals surface area (Å²) in [7, 11) is -1.58. The van der Waals surface area contributed by atoms with E-state index in [9.17, 15) is 23.3 Å². The zero-order valence-electron chi connectivity index (χ0n) is 17.7. The summed E-state index contributed by atoms with van der Waals surface area (Å²) in [6.07, 6.45) is 0. The van der Waals surface area contributed by atoms with Crippen LogP contribution in [0, 0.1) is 24.0 Å². The van der Waals surface area contributed by atoms with Crippen LogP contribution in [0.25, 0.3) is 0 Å². The van der Waals surface area contributed by atoms with Crippen LogP contribution in [0.3, 0.4) is 0 Å². The molecule has 0 saturated carbocycles. The van der Waals surface area contributed by atoms with Crippen LogP contribution in [-0.2, 0) is 19.6 Å². The smallest absolute Gasteiger partial charge is 0.312 e. The Hall–Kier alpha value is -3.02. The molecular formula is C20H25N3O7S. The van der Waals surface area contributed by atoms with E-state index in [-0.39, 0.29) is 23.8 Å². The Morgan fingerprint density at radius 2 is 1.90 bits per heavy atom. The highest BCUT2D eigenvalue weighted by Gasteiger charge is 2.29. The molecule has 0 bridgehead atoms. The SMILES string of the molecule is COCCN(CC(=O)Nc1cccc(C)c1C)S(=O)(=O)c1ccc(OC)c([N+](=O)[O-])c1. The van der Waals surface area contributed by atoms with Crippen LogP contribution in [0.15, 0.2) is 41.3 Å². The first kappa shape index (κ1) is 24.3. The fourth-order valence-corrected chi connectivity index (χ4v) is 4.24. The molecule has 0 spiro atoms. The number of hydrogen-bond donors (Lipinski definition) is 1. The van der Waals surface area contributed by atoms with Crippen molar-refractivity contribution in [1.82, 2.24) is 4.31 Å².